The normalized spacial score (nSPS) is 24.0. The maximum Gasteiger partial charge on any atom is 0.307 e. The number of carboxylic acids is 1. The largest absolute Gasteiger partial charge is 0.481 e. The van der Waals surface area contributed by atoms with Gasteiger partial charge < -0.3 is 14.9 Å². The Morgan fingerprint density at radius 2 is 1.61 bits per heavy atom. The number of rotatable bonds is 5. The van der Waals surface area contributed by atoms with Gasteiger partial charge in [-0.2, -0.15) is 0 Å². The highest BCUT2D eigenvalue weighted by Gasteiger charge is 2.36. The van der Waals surface area contributed by atoms with Gasteiger partial charge in [0, 0.05) is 20.1 Å². The van der Waals surface area contributed by atoms with Crippen molar-refractivity contribution >= 4 is 11.9 Å². The minimum atomic E-state index is -0.825. The highest BCUT2D eigenvalue weighted by atomic mass is 16.4. The topological polar surface area (TPSA) is 60.9 Å². The number of likely N-dealkylation sites (N-methyl/N-ethyl adjacent to an activating group) is 2. The molecule has 0 aromatic rings. The van der Waals surface area contributed by atoms with Gasteiger partial charge >= 0.3 is 5.97 Å². The second-order valence-electron chi connectivity index (χ2n) is 5.40. The van der Waals surface area contributed by atoms with Gasteiger partial charge in [-0.25, -0.2) is 0 Å². The van der Waals surface area contributed by atoms with E-state index in [1.54, 1.807) is 11.9 Å². The second-order valence-corrected chi connectivity index (χ2v) is 5.40. The first-order chi connectivity index (χ1) is 8.43. The van der Waals surface area contributed by atoms with Crippen LogP contribution in [0.5, 0.6) is 0 Å². The Labute approximate surface area is 109 Å². The van der Waals surface area contributed by atoms with E-state index in [1.165, 1.54) is 0 Å². The number of hydrogen-bond donors (Lipinski definition) is 1. The van der Waals surface area contributed by atoms with Gasteiger partial charge in [-0.1, -0.05) is 12.8 Å². The summed E-state index contributed by atoms with van der Waals surface area (Å²) in [5, 5.41) is 9.18. The van der Waals surface area contributed by atoms with Crippen LogP contribution in [-0.2, 0) is 9.59 Å². The molecular weight excluding hydrogens is 232 g/mol. The molecule has 1 aliphatic rings. The van der Waals surface area contributed by atoms with Crippen LogP contribution in [0.15, 0.2) is 0 Å². The van der Waals surface area contributed by atoms with Crippen molar-refractivity contribution in [2.45, 2.75) is 25.7 Å². The Morgan fingerprint density at radius 3 is 2.11 bits per heavy atom. The van der Waals surface area contributed by atoms with E-state index in [2.05, 4.69) is 0 Å². The molecule has 104 valence electrons. The molecular formula is C13H24N2O3. The van der Waals surface area contributed by atoms with Crippen LogP contribution in [0.25, 0.3) is 0 Å². The lowest BCUT2D eigenvalue weighted by atomic mass is 9.78. The summed E-state index contributed by atoms with van der Waals surface area (Å²) in [6.45, 7) is 1.45. The molecule has 0 heterocycles. The van der Waals surface area contributed by atoms with E-state index in [4.69, 9.17) is 0 Å². The molecule has 0 spiro atoms. The molecule has 0 unspecified atom stereocenters. The molecule has 0 radical (unpaired) electrons. The third kappa shape index (κ3) is 3.98. The number of carbonyl (C=O) groups is 2. The van der Waals surface area contributed by atoms with Crippen LogP contribution < -0.4 is 0 Å². The first-order valence-electron chi connectivity index (χ1n) is 6.56. The highest BCUT2D eigenvalue weighted by molar-refractivity contribution is 5.84. The van der Waals surface area contributed by atoms with Crippen LogP contribution in [0.3, 0.4) is 0 Å². The van der Waals surface area contributed by atoms with Gasteiger partial charge in [0.2, 0.25) is 5.91 Å². The first-order valence-corrected chi connectivity index (χ1v) is 6.56. The number of amides is 1. The maximum atomic E-state index is 12.3. The van der Waals surface area contributed by atoms with E-state index in [9.17, 15) is 14.7 Å². The van der Waals surface area contributed by atoms with E-state index >= 15 is 0 Å². The molecule has 0 saturated heterocycles. The fourth-order valence-corrected chi connectivity index (χ4v) is 2.47. The molecule has 1 amide bonds. The summed E-state index contributed by atoms with van der Waals surface area (Å²) in [4.78, 5) is 27.1. The Kier molecular flexibility index (Phi) is 5.59. The summed E-state index contributed by atoms with van der Waals surface area (Å²) >= 11 is 0. The number of aliphatic carboxylic acids is 1. The molecule has 1 saturated carbocycles. The lowest BCUT2D eigenvalue weighted by molar-refractivity contribution is -0.151. The monoisotopic (exact) mass is 256 g/mol. The fourth-order valence-electron chi connectivity index (χ4n) is 2.47. The Balaban J connectivity index is 2.59. The van der Waals surface area contributed by atoms with Crippen molar-refractivity contribution in [1.82, 2.24) is 9.80 Å². The third-order valence-electron chi connectivity index (χ3n) is 3.66. The van der Waals surface area contributed by atoms with Gasteiger partial charge in [-0.3, -0.25) is 9.59 Å². The van der Waals surface area contributed by atoms with Crippen molar-refractivity contribution in [3.05, 3.63) is 0 Å². The van der Waals surface area contributed by atoms with E-state index in [1.807, 2.05) is 19.0 Å². The van der Waals surface area contributed by atoms with E-state index in [0.29, 0.717) is 19.4 Å². The van der Waals surface area contributed by atoms with Crippen LogP contribution in [0.1, 0.15) is 25.7 Å². The standard InChI is InChI=1S/C13H24N2O3/c1-14(2)8-9-15(3)12(16)10-6-4-5-7-11(10)13(17)18/h10-11H,4-9H2,1-3H3,(H,17,18)/t10-,11+/m1/s1. The Bertz CT molecular complexity index is 305. The molecule has 1 fully saturated rings. The average molecular weight is 256 g/mol. The Hall–Kier alpha value is -1.10. The van der Waals surface area contributed by atoms with Gasteiger partial charge in [0.15, 0.2) is 0 Å². The van der Waals surface area contributed by atoms with Crippen LogP contribution in [0, 0.1) is 11.8 Å². The molecule has 1 aliphatic carbocycles. The summed E-state index contributed by atoms with van der Waals surface area (Å²) < 4.78 is 0. The van der Waals surface area contributed by atoms with E-state index in [-0.39, 0.29) is 11.8 Å². The summed E-state index contributed by atoms with van der Waals surface area (Å²) in [5.41, 5.74) is 0. The average Bonchev–Trinajstić information content (AvgIpc) is 2.34. The second kappa shape index (κ2) is 6.73. The third-order valence-corrected chi connectivity index (χ3v) is 3.66. The minimum absolute atomic E-state index is 0.0102. The van der Waals surface area contributed by atoms with Gasteiger partial charge in [0.1, 0.15) is 0 Å². The Morgan fingerprint density at radius 1 is 1.06 bits per heavy atom. The van der Waals surface area contributed by atoms with E-state index < -0.39 is 11.9 Å². The number of carboxylic acid groups (broad SMARTS) is 1. The predicted octanol–water partition coefficient (Wildman–Crippen LogP) is 0.897. The SMILES string of the molecule is CN(C)CCN(C)C(=O)[C@@H]1CCCC[C@@H]1C(=O)O. The molecule has 1 rings (SSSR count). The van der Waals surface area contributed by atoms with Gasteiger partial charge in [0.05, 0.1) is 11.8 Å². The van der Waals surface area contributed by atoms with Crippen molar-refractivity contribution < 1.29 is 14.7 Å². The van der Waals surface area contributed by atoms with Crippen molar-refractivity contribution in [2.75, 3.05) is 34.2 Å². The number of nitrogens with zero attached hydrogens (tertiary/aromatic N) is 2. The van der Waals surface area contributed by atoms with E-state index in [0.717, 1.165) is 19.4 Å². The molecule has 0 bridgehead atoms. The molecule has 2 atom stereocenters. The number of carbonyl (C=O) groups excluding carboxylic acids is 1. The zero-order valence-corrected chi connectivity index (χ0v) is 11.6. The quantitative estimate of drug-likeness (QED) is 0.794. The lowest BCUT2D eigenvalue weighted by Crippen LogP contribution is -2.42. The van der Waals surface area contributed by atoms with Crippen molar-refractivity contribution in [3.63, 3.8) is 0 Å². The zero-order valence-electron chi connectivity index (χ0n) is 11.6. The molecule has 5 nitrogen and oxygen atoms in total. The van der Waals surface area contributed by atoms with Crippen LogP contribution >= 0.6 is 0 Å². The highest BCUT2D eigenvalue weighted by Crippen LogP contribution is 2.31. The summed E-state index contributed by atoms with van der Waals surface area (Å²) in [5.74, 6) is -1.66. The van der Waals surface area contributed by atoms with Crippen molar-refractivity contribution in [1.29, 1.82) is 0 Å². The molecule has 0 aromatic carbocycles. The van der Waals surface area contributed by atoms with Crippen LogP contribution in [0.4, 0.5) is 0 Å². The molecule has 0 aromatic heterocycles. The van der Waals surface area contributed by atoms with Crippen LogP contribution in [0.2, 0.25) is 0 Å². The fraction of sp³-hybridized carbons (Fsp3) is 0.846. The smallest absolute Gasteiger partial charge is 0.307 e. The first kappa shape index (κ1) is 15.0. The van der Waals surface area contributed by atoms with Gasteiger partial charge in [-0.15, -0.1) is 0 Å². The number of hydrogen-bond acceptors (Lipinski definition) is 3. The summed E-state index contributed by atoms with van der Waals surface area (Å²) in [7, 11) is 5.68. The van der Waals surface area contributed by atoms with Crippen LogP contribution in [-0.4, -0.2) is 61.0 Å². The lowest BCUT2D eigenvalue weighted by Gasteiger charge is -2.31. The summed E-state index contributed by atoms with van der Waals surface area (Å²) in [6, 6.07) is 0. The predicted molar refractivity (Wildman–Crippen MR) is 69.3 cm³/mol. The minimum Gasteiger partial charge on any atom is -0.481 e. The summed E-state index contributed by atoms with van der Waals surface area (Å²) in [6.07, 6.45) is 3.22. The molecule has 0 aliphatic heterocycles. The van der Waals surface area contributed by atoms with Crippen molar-refractivity contribution in [3.8, 4) is 0 Å². The molecule has 18 heavy (non-hydrogen) atoms. The van der Waals surface area contributed by atoms with Gasteiger partial charge in [-0.05, 0) is 26.9 Å². The maximum absolute atomic E-state index is 12.3. The van der Waals surface area contributed by atoms with Gasteiger partial charge in [0.25, 0.3) is 0 Å². The molecule has 5 heteroatoms. The molecule has 1 N–H and O–H groups in total. The zero-order chi connectivity index (χ0) is 13.7. The van der Waals surface area contributed by atoms with Crippen molar-refractivity contribution in [2.24, 2.45) is 11.8 Å².